The first-order valence-electron chi connectivity index (χ1n) is 8.42. The summed E-state index contributed by atoms with van der Waals surface area (Å²) in [6, 6.07) is 12.1. The van der Waals surface area contributed by atoms with E-state index in [0.717, 1.165) is 23.8 Å². The third-order valence-electron chi connectivity index (χ3n) is 3.79. The molecule has 8 heteroatoms. The van der Waals surface area contributed by atoms with Gasteiger partial charge in [0.1, 0.15) is 5.82 Å². The summed E-state index contributed by atoms with van der Waals surface area (Å²) in [5.74, 6) is -1.52. The molecule has 2 N–H and O–H groups in total. The molecule has 0 spiro atoms. The van der Waals surface area contributed by atoms with Crippen LogP contribution in [-0.4, -0.2) is 34.0 Å². The van der Waals surface area contributed by atoms with Crippen LogP contribution in [-0.2, 0) is 14.8 Å². The molecule has 6 nitrogen and oxygen atoms in total. The molecule has 1 unspecified atom stereocenters. The highest BCUT2D eigenvalue weighted by molar-refractivity contribution is 7.89. The minimum atomic E-state index is -3.83. The van der Waals surface area contributed by atoms with E-state index in [2.05, 4.69) is 10.0 Å². The summed E-state index contributed by atoms with van der Waals surface area (Å²) in [5, 5.41) is 2.59. The van der Waals surface area contributed by atoms with E-state index in [1.54, 1.807) is 13.8 Å². The van der Waals surface area contributed by atoms with Crippen LogP contribution in [0.5, 0.6) is 0 Å². The van der Waals surface area contributed by atoms with Crippen molar-refractivity contribution in [2.45, 2.75) is 30.9 Å². The van der Waals surface area contributed by atoms with E-state index < -0.39 is 27.9 Å². The van der Waals surface area contributed by atoms with E-state index in [1.807, 2.05) is 30.3 Å². The van der Waals surface area contributed by atoms with E-state index in [9.17, 15) is 17.6 Å². The molecule has 2 aromatic carbocycles. The summed E-state index contributed by atoms with van der Waals surface area (Å²) in [7, 11) is -2.32. The van der Waals surface area contributed by atoms with Gasteiger partial charge in [-0.2, -0.15) is 0 Å². The topological polar surface area (TPSA) is 84.5 Å². The molecule has 0 saturated carbocycles. The van der Waals surface area contributed by atoms with Gasteiger partial charge in [0, 0.05) is 19.7 Å². The Morgan fingerprint density at radius 2 is 1.81 bits per heavy atom. The SMILES string of the molecule is COC(CNC(=O)c1cc(S(=O)(=O)NC(C)C)ccc1F)c1ccccc1. The van der Waals surface area contributed by atoms with Gasteiger partial charge < -0.3 is 10.1 Å². The highest BCUT2D eigenvalue weighted by Crippen LogP contribution is 2.18. The lowest BCUT2D eigenvalue weighted by molar-refractivity contribution is 0.0824. The zero-order chi connectivity index (χ0) is 20.0. The van der Waals surface area contributed by atoms with Crippen LogP contribution in [0.15, 0.2) is 53.4 Å². The fourth-order valence-corrected chi connectivity index (χ4v) is 3.79. The maximum Gasteiger partial charge on any atom is 0.254 e. The van der Waals surface area contributed by atoms with Crippen molar-refractivity contribution in [2.75, 3.05) is 13.7 Å². The number of sulfonamides is 1. The van der Waals surface area contributed by atoms with Crippen molar-refractivity contribution >= 4 is 15.9 Å². The summed E-state index contributed by atoms with van der Waals surface area (Å²) in [5.41, 5.74) is 0.516. The second-order valence-corrected chi connectivity index (χ2v) is 7.98. The molecule has 27 heavy (non-hydrogen) atoms. The standard InChI is InChI=1S/C19H23FN2O4S/c1-13(2)22-27(24,25)15-9-10-17(20)16(11-15)19(23)21-12-18(26-3)14-7-5-4-6-8-14/h4-11,13,18,22H,12H2,1-3H3,(H,21,23). The summed E-state index contributed by atoms with van der Waals surface area (Å²) in [6.45, 7) is 3.45. The average Bonchev–Trinajstić information content (AvgIpc) is 2.62. The molecule has 0 fully saturated rings. The molecule has 0 saturated heterocycles. The average molecular weight is 394 g/mol. The molecule has 0 aliphatic rings. The van der Waals surface area contributed by atoms with Crippen LogP contribution in [0.4, 0.5) is 4.39 Å². The maximum absolute atomic E-state index is 14.1. The van der Waals surface area contributed by atoms with Crippen molar-refractivity contribution in [3.8, 4) is 0 Å². The normalized spacial score (nSPS) is 12.8. The molecule has 0 aliphatic heterocycles. The number of ether oxygens (including phenoxy) is 1. The van der Waals surface area contributed by atoms with Crippen molar-refractivity contribution in [1.82, 2.24) is 10.0 Å². The first kappa shape index (κ1) is 21.0. The van der Waals surface area contributed by atoms with Gasteiger partial charge in [-0.05, 0) is 37.6 Å². The lowest BCUT2D eigenvalue weighted by atomic mass is 10.1. The highest BCUT2D eigenvalue weighted by Gasteiger charge is 2.21. The molecule has 0 aliphatic carbocycles. The number of halogens is 1. The molecule has 2 aromatic rings. The quantitative estimate of drug-likeness (QED) is 0.721. The van der Waals surface area contributed by atoms with Crippen molar-refractivity contribution in [2.24, 2.45) is 0 Å². The summed E-state index contributed by atoms with van der Waals surface area (Å²) < 4.78 is 46.3. The molecule has 0 bridgehead atoms. The van der Waals surface area contributed by atoms with E-state index in [0.29, 0.717) is 0 Å². The lowest BCUT2D eigenvalue weighted by Gasteiger charge is -2.17. The number of amides is 1. The molecular formula is C19H23FN2O4S. The van der Waals surface area contributed by atoms with Crippen LogP contribution in [0.1, 0.15) is 35.9 Å². The van der Waals surface area contributed by atoms with Crippen molar-refractivity contribution in [3.05, 3.63) is 65.5 Å². The van der Waals surface area contributed by atoms with Crippen molar-refractivity contribution in [1.29, 1.82) is 0 Å². The highest BCUT2D eigenvalue weighted by atomic mass is 32.2. The maximum atomic E-state index is 14.1. The van der Waals surface area contributed by atoms with Crippen LogP contribution in [0.2, 0.25) is 0 Å². The first-order valence-corrected chi connectivity index (χ1v) is 9.90. The monoisotopic (exact) mass is 394 g/mol. The van der Waals surface area contributed by atoms with Gasteiger partial charge in [0.2, 0.25) is 10.0 Å². The van der Waals surface area contributed by atoms with E-state index >= 15 is 0 Å². The van der Waals surface area contributed by atoms with Crippen molar-refractivity contribution < 1.29 is 22.3 Å². The summed E-state index contributed by atoms with van der Waals surface area (Å²) in [6.07, 6.45) is -0.410. The van der Waals surface area contributed by atoms with Gasteiger partial charge in [0.05, 0.1) is 16.6 Å². The van der Waals surface area contributed by atoms with Crippen LogP contribution < -0.4 is 10.0 Å². The summed E-state index contributed by atoms with van der Waals surface area (Å²) in [4.78, 5) is 12.2. The van der Waals surface area contributed by atoms with E-state index in [4.69, 9.17) is 4.74 Å². The van der Waals surface area contributed by atoms with E-state index in [-0.39, 0.29) is 23.0 Å². The minimum absolute atomic E-state index is 0.111. The number of carbonyl (C=O) groups excluding carboxylic acids is 1. The smallest absolute Gasteiger partial charge is 0.254 e. The number of rotatable bonds is 8. The number of hydrogen-bond donors (Lipinski definition) is 2. The van der Waals surface area contributed by atoms with Gasteiger partial charge in [-0.15, -0.1) is 0 Å². The number of benzene rings is 2. The van der Waals surface area contributed by atoms with Crippen LogP contribution in [0.25, 0.3) is 0 Å². The van der Waals surface area contributed by atoms with Gasteiger partial charge >= 0.3 is 0 Å². The Labute approximate surface area is 158 Å². The van der Waals surface area contributed by atoms with Gasteiger partial charge in [0.15, 0.2) is 0 Å². The number of hydrogen-bond acceptors (Lipinski definition) is 4. The van der Waals surface area contributed by atoms with Gasteiger partial charge in [-0.1, -0.05) is 30.3 Å². The fourth-order valence-electron chi connectivity index (χ4n) is 2.51. The Morgan fingerprint density at radius 3 is 2.41 bits per heavy atom. The Bertz CT molecular complexity index is 886. The number of methoxy groups -OCH3 is 1. The molecule has 1 atom stereocenters. The zero-order valence-corrected chi connectivity index (χ0v) is 16.2. The lowest BCUT2D eigenvalue weighted by Crippen LogP contribution is -2.32. The molecule has 2 rings (SSSR count). The molecule has 146 valence electrons. The minimum Gasteiger partial charge on any atom is -0.375 e. The summed E-state index contributed by atoms with van der Waals surface area (Å²) >= 11 is 0. The largest absolute Gasteiger partial charge is 0.375 e. The first-order chi connectivity index (χ1) is 12.7. The Kier molecular flexibility index (Phi) is 7.06. The Morgan fingerprint density at radius 1 is 1.15 bits per heavy atom. The van der Waals surface area contributed by atoms with Crippen LogP contribution >= 0.6 is 0 Å². The molecule has 0 radical (unpaired) electrons. The number of nitrogens with one attached hydrogen (secondary N) is 2. The molecule has 1 amide bonds. The van der Waals surface area contributed by atoms with Gasteiger partial charge in [0.25, 0.3) is 5.91 Å². The predicted octanol–water partition coefficient (Wildman–Crippen LogP) is 2.63. The fraction of sp³-hybridized carbons (Fsp3) is 0.316. The molecule has 0 heterocycles. The van der Waals surface area contributed by atoms with E-state index in [1.165, 1.54) is 7.11 Å². The number of carbonyl (C=O) groups is 1. The van der Waals surface area contributed by atoms with Crippen molar-refractivity contribution in [3.63, 3.8) is 0 Å². The second kappa shape index (κ2) is 9.07. The second-order valence-electron chi connectivity index (χ2n) is 6.26. The molecule has 0 aromatic heterocycles. The van der Waals surface area contributed by atoms with Gasteiger partial charge in [-0.3, -0.25) is 4.79 Å². The Balaban J connectivity index is 2.17. The Hall–Kier alpha value is -2.29. The van der Waals surface area contributed by atoms with Gasteiger partial charge in [-0.25, -0.2) is 17.5 Å². The van der Waals surface area contributed by atoms with Crippen LogP contribution in [0.3, 0.4) is 0 Å². The van der Waals surface area contributed by atoms with Crippen LogP contribution in [0, 0.1) is 5.82 Å². The predicted molar refractivity (Wildman–Crippen MR) is 100 cm³/mol. The molecular weight excluding hydrogens is 371 g/mol. The third-order valence-corrected chi connectivity index (χ3v) is 5.44. The third kappa shape index (κ3) is 5.59. The zero-order valence-electron chi connectivity index (χ0n) is 15.4.